The molecule has 0 saturated heterocycles. The van der Waals surface area contributed by atoms with Gasteiger partial charge in [0, 0.05) is 29.2 Å². The predicted molar refractivity (Wildman–Crippen MR) is 150 cm³/mol. The SMILES string of the molecule is CC1CCC(Nc2ncc(C(=O)NCc3cc(F)cc(C(F)(F)F)c3)c(C3(c4ccc(Cl)cc4)CCCC3)n2)CC1. The summed E-state index contributed by atoms with van der Waals surface area (Å²) in [5.41, 5.74) is 0.158. The number of hydrogen-bond acceptors (Lipinski definition) is 4. The second-order valence-corrected chi connectivity index (χ2v) is 11.8. The highest BCUT2D eigenvalue weighted by Gasteiger charge is 2.42. The lowest BCUT2D eigenvalue weighted by atomic mass is 9.74. The van der Waals surface area contributed by atoms with Crippen LogP contribution in [0.2, 0.25) is 5.02 Å². The summed E-state index contributed by atoms with van der Waals surface area (Å²) in [6.45, 7) is 1.97. The first-order chi connectivity index (χ1) is 19.5. The summed E-state index contributed by atoms with van der Waals surface area (Å²) in [6.07, 6.45) is 4.49. The summed E-state index contributed by atoms with van der Waals surface area (Å²) in [5, 5.41) is 6.75. The van der Waals surface area contributed by atoms with E-state index in [2.05, 4.69) is 22.5 Å². The van der Waals surface area contributed by atoms with Gasteiger partial charge in [-0.1, -0.05) is 43.5 Å². The average Bonchev–Trinajstić information content (AvgIpc) is 3.44. The first-order valence-corrected chi connectivity index (χ1v) is 14.5. The molecule has 2 saturated carbocycles. The van der Waals surface area contributed by atoms with Crippen LogP contribution < -0.4 is 10.6 Å². The minimum atomic E-state index is -4.70. The summed E-state index contributed by atoms with van der Waals surface area (Å²) in [6, 6.07) is 10.1. The Hall–Kier alpha value is -3.20. The molecule has 41 heavy (non-hydrogen) atoms. The van der Waals surface area contributed by atoms with Crippen LogP contribution in [0.3, 0.4) is 0 Å². The summed E-state index contributed by atoms with van der Waals surface area (Å²) >= 11 is 6.19. The van der Waals surface area contributed by atoms with Crippen LogP contribution >= 0.6 is 11.6 Å². The van der Waals surface area contributed by atoms with E-state index < -0.39 is 28.9 Å². The maximum Gasteiger partial charge on any atom is 0.416 e. The lowest BCUT2D eigenvalue weighted by molar-refractivity contribution is -0.137. The normalized spacial score (nSPS) is 20.5. The molecule has 0 unspecified atom stereocenters. The molecule has 2 aromatic carbocycles. The van der Waals surface area contributed by atoms with Crippen molar-refractivity contribution < 1.29 is 22.4 Å². The number of nitrogens with zero attached hydrogens (tertiary/aromatic N) is 2. The quantitative estimate of drug-likeness (QED) is 0.274. The van der Waals surface area contributed by atoms with E-state index in [9.17, 15) is 22.4 Å². The molecule has 2 fully saturated rings. The van der Waals surface area contributed by atoms with E-state index in [0.717, 1.165) is 69.1 Å². The van der Waals surface area contributed by atoms with Gasteiger partial charge in [0.25, 0.3) is 5.91 Å². The highest BCUT2D eigenvalue weighted by atomic mass is 35.5. The molecule has 1 amide bonds. The molecule has 2 aliphatic rings. The topological polar surface area (TPSA) is 66.9 Å². The molecule has 5 nitrogen and oxygen atoms in total. The number of nitrogens with one attached hydrogen (secondary N) is 2. The number of anilines is 1. The van der Waals surface area contributed by atoms with Crippen molar-refractivity contribution in [2.24, 2.45) is 5.92 Å². The van der Waals surface area contributed by atoms with Crippen molar-refractivity contribution in [1.29, 1.82) is 0 Å². The van der Waals surface area contributed by atoms with Crippen molar-refractivity contribution in [2.75, 3.05) is 5.32 Å². The Morgan fingerprint density at radius 1 is 1.05 bits per heavy atom. The van der Waals surface area contributed by atoms with Crippen LogP contribution in [0.25, 0.3) is 0 Å². The van der Waals surface area contributed by atoms with Crippen molar-refractivity contribution in [3.05, 3.63) is 87.4 Å². The Morgan fingerprint density at radius 2 is 1.73 bits per heavy atom. The van der Waals surface area contributed by atoms with Gasteiger partial charge in [0.05, 0.1) is 16.8 Å². The molecule has 1 heterocycles. The minimum Gasteiger partial charge on any atom is -0.351 e. The number of benzene rings is 2. The number of carbonyl (C=O) groups is 1. The lowest BCUT2D eigenvalue weighted by Crippen LogP contribution is -2.33. The van der Waals surface area contributed by atoms with Gasteiger partial charge >= 0.3 is 6.18 Å². The molecule has 3 aromatic rings. The number of aromatic nitrogens is 2. The van der Waals surface area contributed by atoms with Crippen molar-refractivity contribution >= 4 is 23.5 Å². The standard InChI is InChI=1S/C31H33ClF4N4O/c1-19-4-10-25(11-5-19)39-29-38-18-26(28(41)37-17-20-14-22(31(34,35)36)16-24(33)15-20)27(40-29)30(12-2-3-13-30)21-6-8-23(32)9-7-21/h6-9,14-16,18-19,25H,2-5,10-13,17H2,1H3,(H,37,41)(H,38,39,40). The van der Waals surface area contributed by atoms with Crippen molar-refractivity contribution in [1.82, 2.24) is 15.3 Å². The van der Waals surface area contributed by atoms with Gasteiger partial charge in [0.15, 0.2) is 0 Å². The molecule has 0 bridgehead atoms. The van der Waals surface area contributed by atoms with Crippen LogP contribution in [0.1, 0.15) is 91.0 Å². The van der Waals surface area contributed by atoms with Crippen LogP contribution in [0, 0.1) is 11.7 Å². The largest absolute Gasteiger partial charge is 0.416 e. The van der Waals surface area contributed by atoms with Crippen LogP contribution in [0.15, 0.2) is 48.7 Å². The van der Waals surface area contributed by atoms with E-state index in [1.165, 1.54) is 6.20 Å². The van der Waals surface area contributed by atoms with Crippen LogP contribution in [-0.2, 0) is 18.1 Å². The zero-order chi connectivity index (χ0) is 29.2. The molecule has 2 N–H and O–H groups in total. The first kappa shape index (κ1) is 29.3. The van der Waals surface area contributed by atoms with E-state index in [1.807, 2.05) is 24.3 Å². The molecule has 10 heteroatoms. The number of alkyl halides is 3. The maximum atomic E-state index is 13.9. The van der Waals surface area contributed by atoms with Gasteiger partial charge in [-0.3, -0.25) is 4.79 Å². The van der Waals surface area contributed by atoms with E-state index in [4.69, 9.17) is 16.6 Å². The molecule has 1 aromatic heterocycles. The van der Waals surface area contributed by atoms with Gasteiger partial charge in [-0.2, -0.15) is 13.2 Å². The third kappa shape index (κ3) is 6.66. The molecule has 0 aliphatic heterocycles. The van der Waals surface area contributed by atoms with Gasteiger partial charge in [-0.25, -0.2) is 14.4 Å². The first-order valence-electron chi connectivity index (χ1n) is 14.1. The number of carbonyl (C=O) groups excluding carboxylic acids is 1. The summed E-state index contributed by atoms with van der Waals surface area (Å²) in [7, 11) is 0. The van der Waals surface area contributed by atoms with E-state index in [1.54, 1.807) is 0 Å². The zero-order valence-corrected chi connectivity index (χ0v) is 23.6. The Morgan fingerprint density at radius 3 is 2.39 bits per heavy atom. The molecule has 218 valence electrons. The van der Waals surface area contributed by atoms with Gasteiger partial charge in [-0.15, -0.1) is 0 Å². The maximum absolute atomic E-state index is 13.9. The molecule has 0 radical (unpaired) electrons. The third-order valence-electron chi connectivity index (χ3n) is 8.43. The Balaban J connectivity index is 1.48. The van der Waals surface area contributed by atoms with E-state index in [0.29, 0.717) is 28.6 Å². The molecule has 0 atom stereocenters. The zero-order valence-electron chi connectivity index (χ0n) is 22.8. The average molecular weight is 589 g/mol. The van der Waals surface area contributed by atoms with Gasteiger partial charge in [-0.05, 0) is 85.9 Å². The number of halogens is 5. The molecular formula is C31H33ClF4N4O. The third-order valence-corrected chi connectivity index (χ3v) is 8.68. The molecule has 0 spiro atoms. The second-order valence-electron chi connectivity index (χ2n) is 11.4. The Bertz CT molecular complexity index is 1380. The van der Waals surface area contributed by atoms with Gasteiger partial charge in [0.2, 0.25) is 5.95 Å². The molecule has 2 aliphatic carbocycles. The fourth-order valence-electron chi connectivity index (χ4n) is 6.17. The van der Waals surface area contributed by atoms with Crippen molar-refractivity contribution in [3.63, 3.8) is 0 Å². The summed E-state index contributed by atoms with van der Waals surface area (Å²) in [5.74, 6) is -0.409. The van der Waals surface area contributed by atoms with E-state index >= 15 is 0 Å². The van der Waals surface area contributed by atoms with Crippen LogP contribution in [0.5, 0.6) is 0 Å². The molecular weight excluding hydrogens is 556 g/mol. The van der Waals surface area contributed by atoms with Crippen molar-refractivity contribution in [2.45, 2.75) is 82.5 Å². The lowest BCUT2D eigenvalue weighted by Gasteiger charge is -2.32. The highest BCUT2D eigenvalue weighted by Crippen LogP contribution is 2.47. The molecule has 5 rings (SSSR count). The number of rotatable bonds is 7. The predicted octanol–water partition coefficient (Wildman–Crippen LogP) is 8.07. The summed E-state index contributed by atoms with van der Waals surface area (Å²) in [4.78, 5) is 23.0. The Labute approximate surface area is 242 Å². The van der Waals surface area contributed by atoms with Gasteiger partial charge in [0.1, 0.15) is 5.82 Å². The van der Waals surface area contributed by atoms with Gasteiger partial charge < -0.3 is 10.6 Å². The van der Waals surface area contributed by atoms with Crippen molar-refractivity contribution in [3.8, 4) is 0 Å². The fourth-order valence-corrected chi connectivity index (χ4v) is 6.30. The smallest absolute Gasteiger partial charge is 0.351 e. The fraction of sp³-hybridized carbons (Fsp3) is 0.452. The monoisotopic (exact) mass is 588 g/mol. The minimum absolute atomic E-state index is 0.00578. The van der Waals surface area contributed by atoms with Crippen LogP contribution in [0.4, 0.5) is 23.5 Å². The highest BCUT2D eigenvalue weighted by molar-refractivity contribution is 6.30. The Kier molecular flexibility index (Phi) is 8.55. The van der Waals surface area contributed by atoms with E-state index in [-0.39, 0.29) is 23.7 Å². The van der Waals surface area contributed by atoms with Crippen LogP contribution in [-0.4, -0.2) is 21.9 Å². The summed E-state index contributed by atoms with van der Waals surface area (Å²) < 4.78 is 53.6. The number of amides is 1. The number of hydrogen-bond donors (Lipinski definition) is 2. The second kappa shape index (κ2) is 12.0.